The van der Waals surface area contributed by atoms with Gasteiger partial charge >= 0.3 is 0 Å². The lowest BCUT2D eigenvalue weighted by molar-refractivity contribution is 0.404. The van der Waals surface area contributed by atoms with Gasteiger partial charge in [0.15, 0.2) is 0 Å². The number of fused-ring (bicyclic) bond motifs is 1. The summed E-state index contributed by atoms with van der Waals surface area (Å²) in [6, 6.07) is 2.26. The molecule has 0 spiro atoms. The summed E-state index contributed by atoms with van der Waals surface area (Å²) in [5, 5.41) is 3.49. The van der Waals surface area contributed by atoms with E-state index in [2.05, 4.69) is 18.3 Å². The summed E-state index contributed by atoms with van der Waals surface area (Å²) in [6.07, 6.45) is 6.46. The van der Waals surface area contributed by atoms with E-state index >= 15 is 0 Å². The molecule has 18 heavy (non-hydrogen) atoms. The van der Waals surface area contributed by atoms with E-state index in [1.165, 1.54) is 43.2 Å². The molecule has 1 aromatic carbocycles. The minimum Gasteiger partial charge on any atom is -0.496 e. The molecule has 1 N–H and O–H groups in total. The maximum atomic E-state index is 5.68. The van der Waals surface area contributed by atoms with Crippen LogP contribution in [0, 0.1) is 6.92 Å². The van der Waals surface area contributed by atoms with Crippen LogP contribution < -0.4 is 10.1 Å². The molecular weight excluding hydrogens is 222 g/mol. The molecular formula is C16H23NO. The van der Waals surface area contributed by atoms with Gasteiger partial charge < -0.3 is 10.1 Å². The van der Waals surface area contributed by atoms with E-state index in [-0.39, 0.29) is 0 Å². The van der Waals surface area contributed by atoms with Gasteiger partial charge in [-0.15, -0.1) is 0 Å². The Morgan fingerprint density at radius 2 is 2.00 bits per heavy atom. The van der Waals surface area contributed by atoms with Gasteiger partial charge in [-0.05, 0) is 68.3 Å². The molecule has 1 aromatic rings. The second-order valence-corrected chi connectivity index (χ2v) is 5.66. The molecule has 0 radical (unpaired) electrons. The molecule has 98 valence electrons. The Morgan fingerprint density at radius 1 is 1.22 bits per heavy atom. The molecule has 1 saturated heterocycles. The normalized spacial score (nSPS) is 22.9. The molecule has 1 unspecified atom stereocenters. The quantitative estimate of drug-likeness (QED) is 0.865. The number of ether oxygens (including phenoxy) is 1. The fourth-order valence-electron chi connectivity index (χ4n) is 3.67. The van der Waals surface area contributed by atoms with Gasteiger partial charge in [-0.2, -0.15) is 0 Å². The van der Waals surface area contributed by atoms with Crippen LogP contribution in [0.3, 0.4) is 0 Å². The number of hydrogen-bond acceptors (Lipinski definition) is 2. The lowest BCUT2D eigenvalue weighted by atomic mass is 9.80. The average Bonchev–Trinajstić information content (AvgIpc) is 2.92. The Morgan fingerprint density at radius 3 is 2.67 bits per heavy atom. The van der Waals surface area contributed by atoms with Crippen molar-refractivity contribution >= 4 is 0 Å². The van der Waals surface area contributed by atoms with Crippen LogP contribution in [-0.2, 0) is 12.8 Å². The molecule has 0 amide bonds. The van der Waals surface area contributed by atoms with Crippen molar-refractivity contribution < 1.29 is 4.74 Å². The summed E-state index contributed by atoms with van der Waals surface area (Å²) in [4.78, 5) is 0. The lowest BCUT2D eigenvalue weighted by Crippen LogP contribution is -2.15. The monoisotopic (exact) mass is 245 g/mol. The number of nitrogens with one attached hydrogen (secondary N) is 1. The van der Waals surface area contributed by atoms with Gasteiger partial charge in [0.1, 0.15) is 5.75 Å². The van der Waals surface area contributed by atoms with Crippen molar-refractivity contribution in [1.29, 1.82) is 0 Å². The Hall–Kier alpha value is -1.02. The fourth-order valence-corrected chi connectivity index (χ4v) is 3.67. The molecule has 2 aliphatic rings. The second kappa shape index (κ2) is 4.93. The second-order valence-electron chi connectivity index (χ2n) is 5.66. The van der Waals surface area contributed by atoms with Crippen LogP contribution in [-0.4, -0.2) is 20.2 Å². The summed E-state index contributed by atoms with van der Waals surface area (Å²) in [6.45, 7) is 4.51. The van der Waals surface area contributed by atoms with Crippen LogP contribution >= 0.6 is 0 Å². The molecule has 1 aliphatic carbocycles. The number of hydrogen-bond donors (Lipinski definition) is 1. The van der Waals surface area contributed by atoms with Crippen LogP contribution in [0.4, 0.5) is 0 Å². The van der Waals surface area contributed by atoms with Gasteiger partial charge in [0.25, 0.3) is 0 Å². The van der Waals surface area contributed by atoms with E-state index in [1.807, 2.05) is 7.11 Å². The largest absolute Gasteiger partial charge is 0.496 e. The van der Waals surface area contributed by atoms with Gasteiger partial charge in [0.2, 0.25) is 0 Å². The minimum absolute atomic E-state index is 0.660. The number of rotatable bonds is 2. The van der Waals surface area contributed by atoms with Gasteiger partial charge in [0, 0.05) is 18.0 Å². The van der Waals surface area contributed by atoms with E-state index in [9.17, 15) is 0 Å². The average molecular weight is 245 g/mol. The Balaban J connectivity index is 2.13. The predicted octanol–water partition coefficient (Wildman–Crippen LogP) is 2.96. The van der Waals surface area contributed by atoms with Crippen molar-refractivity contribution in [2.45, 2.75) is 44.9 Å². The third-order valence-electron chi connectivity index (χ3n) is 4.57. The summed E-state index contributed by atoms with van der Waals surface area (Å²) in [7, 11) is 1.82. The predicted molar refractivity (Wildman–Crippen MR) is 74.6 cm³/mol. The molecule has 1 aliphatic heterocycles. The van der Waals surface area contributed by atoms with E-state index in [4.69, 9.17) is 4.74 Å². The highest BCUT2D eigenvalue weighted by atomic mass is 16.5. The Bertz CT molecular complexity index is 447. The van der Waals surface area contributed by atoms with Crippen molar-refractivity contribution in [3.8, 4) is 5.75 Å². The first kappa shape index (κ1) is 12.0. The molecule has 1 fully saturated rings. The fraction of sp³-hybridized carbons (Fsp3) is 0.625. The van der Waals surface area contributed by atoms with Gasteiger partial charge in [0.05, 0.1) is 7.11 Å². The maximum absolute atomic E-state index is 5.68. The molecule has 1 heterocycles. The first-order chi connectivity index (χ1) is 8.81. The first-order valence-electron chi connectivity index (χ1n) is 7.21. The van der Waals surface area contributed by atoms with E-state index in [1.54, 1.807) is 11.1 Å². The summed E-state index contributed by atoms with van der Waals surface area (Å²) in [5.74, 6) is 1.79. The van der Waals surface area contributed by atoms with Gasteiger partial charge in [-0.25, -0.2) is 0 Å². The van der Waals surface area contributed by atoms with Crippen molar-refractivity contribution in [1.82, 2.24) is 5.32 Å². The Labute approximate surface area is 110 Å². The Kier molecular flexibility index (Phi) is 3.29. The smallest absolute Gasteiger partial charge is 0.122 e. The number of benzene rings is 1. The van der Waals surface area contributed by atoms with E-state index in [0.29, 0.717) is 5.92 Å². The van der Waals surface area contributed by atoms with Crippen LogP contribution in [0.5, 0.6) is 5.75 Å². The molecule has 1 atom stereocenters. The topological polar surface area (TPSA) is 21.3 Å². The highest BCUT2D eigenvalue weighted by Gasteiger charge is 2.27. The van der Waals surface area contributed by atoms with Crippen LogP contribution in [0.1, 0.15) is 47.4 Å². The molecule has 3 rings (SSSR count). The molecule has 2 nitrogen and oxygen atoms in total. The number of methoxy groups -OCH3 is 1. The van der Waals surface area contributed by atoms with Gasteiger partial charge in [-0.3, -0.25) is 0 Å². The third kappa shape index (κ3) is 1.93. The van der Waals surface area contributed by atoms with Crippen LogP contribution in [0.25, 0.3) is 0 Å². The highest BCUT2D eigenvalue weighted by Crippen LogP contribution is 2.40. The zero-order valence-electron chi connectivity index (χ0n) is 11.5. The van der Waals surface area contributed by atoms with E-state index < -0.39 is 0 Å². The number of aryl methyl sites for hydroxylation is 1. The SMILES string of the molecule is COc1cc(C)c2c(c1C1CCNC1)CCCC2. The zero-order chi connectivity index (χ0) is 12.5. The van der Waals surface area contributed by atoms with Crippen molar-refractivity contribution in [3.63, 3.8) is 0 Å². The molecule has 2 heteroatoms. The summed E-state index contributed by atoms with van der Waals surface area (Å²) < 4.78 is 5.68. The zero-order valence-corrected chi connectivity index (χ0v) is 11.5. The molecule has 0 bridgehead atoms. The van der Waals surface area contributed by atoms with Gasteiger partial charge in [-0.1, -0.05) is 0 Å². The van der Waals surface area contributed by atoms with Crippen LogP contribution in [0.2, 0.25) is 0 Å². The lowest BCUT2D eigenvalue weighted by Gasteiger charge is -2.26. The molecule has 0 aromatic heterocycles. The maximum Gasteiger partial charge on any atom is 0.122 e. The van der Waals surface area contributed by atoms with E-state index in [0.717, 1.165) is 18.8 Å². The third-order valence-corrected chi connectivity index (χ3v) is 4.57. The summed E-state index contributed by atoms with van der Waals surface area (Å²) >= 11 is 0. The van der Waals surface area contributed by atoms with Crippen molar-refractivity contribution in [2.75, 3.05) is 20.2 Å². The molecule has 0 saturated carbocycles. The first-order valence-corrected chi connectivity index (χ1v) is 7.21. The highest BCUT2D eigenvalue weighted by molar-refractivity contribution is 5.52. The standard InChI is InChI=1S/C16H23NO/c1-11-9-15(18-2)16(12-7-8-17-10-12)14-6-4-3-5-13(11)14/h9,12,17H,3-8,10H2,1-2H3. The van der Waals surface area contributed by atoms with Crippen molar-refractivity contribution in [3.05, 3.63) is 28.3 Å². The van der Waals surface area contributed by atoms with Crippen LogP contribution in [0.15, 0.2) is 6.07 Å². The minimum atomic E-state index is 0.660. The van der Waals surface area contributed by atoms with Crippen molar-refractivity contribution in [2.24, 2.45) is 0 Å². The summed E-state index contributed by atoms with van der Waals surface area (Å²) in [5.41, 5.74) is 6.18.